The lowest BCUT2D eigenvalue weighted by Gasteiger charge is -2.12. The molecule has 6 heteroatoms. The summed E-state index contributed by atoms with van der Waals surface area (Å²) in [4.78, 5) is 17.4. The van der Waals surface area contributed by atoms with Gasteiger partial charge in [-0.05, 0) is 59.7 Å². The van der Waals surface area contributed by atoms with E-state index in [9.17, 15) is 4.79 Å². The monoisotopic (exact) mass is 513 g/mol. The van der Waals surface area contributed by atoms with E-state index in [2.05, 4.69) is 56.1 Å². The first kappa shape index (κ1) is 22.2. The summed E-state index contributed by atoms with van der Waals surface area (Å²) in [6.45, 7) is 1.69. The van der Waals surface area contributed by atoms with Crippen LogP contribution in [0.2, 0.25) is 0 Å². The van der Waals surface area contributed by atoms with Crippen molar-refractivity contribution >= 4 is 43.6 Å². The molecule has 4 aromatic carbocycles. The van der Waals surface area contributed by atoms with Gasteiger partial charge in [-0.3, -0.25) is 4.79 Å². The number of aryl methyl sites for hydroxylation is 1. The number of fused-ring (bicyclic) bond motifs is 2. The second kappa shape index (κ2) is 10.1. The number of aromatic nitrogens is 2. The van der Waals surface area contributed by atoms with E-state index in [0.29, 0.717) is 18.7 Å². The molecule has 5 rings (SSSR count). The van der Waals surface area contributed by atoms with Crippen molar-refractivity contribution < 1.29 is 9.53 Å². The molecule has 1 amide bonds. The molecule has 0 spiro atoms. The quantitative estimate of drug-likeness (QED) is 0.246. The van der Waals surface area contributed by atoms with Gasteiger partial charge in [-0.2, -0.15) is 0 Å². The van der Waals surface area contributed by atoms with E-state index in [0.717, 1.165) is 40.0 Å². The Morgan fingerprint density at radius 1 is 0.912 bits per heavy atom. The molecular formula is C28H24BrN3O2. The lowest BCUT2D eigenvalue weighted by molar-refractivity contribution is 0.0949. The van der Waals surface area contributed by atoms with Gasteiger partial charge in [0.1, 0.15) is 11.6 Å². The Balaban J connectivity index is 1.25. The van der Waals surface area contributed by atoms with Gasteiger partial charge >= 0.3 is 0 Å². The van der Waals surface area contributed by atoms with Gasteiger partial charge in [0, 0.05) is 16.6 Å². The molecule has 170 valence electrons. The number of carbonyl (C=O) groups is 1. The Hall–Kier alpha value is -3.64. The van der Waals surface area contributed by atoms with E-state index in [1.807, 2.05) is 54.6 Å². The van der Waals surface area contributed by atoms with Crippen LogP contribution >= 0.6 is 15.9 Å². The molecule has 0 radical (unpaired) electrons. The first-order chi connectivity index (χ1) is 16.7. The Bertz CT molecular complexity index is 1460. The maximum Gasteiger partial charge on any atom is 0.251 e. The van der Waals surface area contributed by atoms with Crippen LogP contribution in [0.25, 0.3) is 21.8 Å². The van der Waals surface area contributed by atoms with Gasteiger partial charge in [-0.15, -0.1) is 0 Å². The zero-order valence-electron chi connectivity index (χ0n) is 18.6. The molecule has 0 aliphatic rings. The smallest absolute Gasteiger partial charge is 0.251 e. The number of nitrogens with one attached hydrogen (secondary N) is 1. The topological polar surface area (TPSA) is 56.2 Å². The van der Waals surface area contributed by atoms with Gasteiger partial charge in [0.05, 0.1) is 24.2 Å². The highest BCUT2D eigenvalue weighted by Gasteiger charge is 2.13. The fourth-order valence-electron chi connectivity index (χ4n) is 4.07. The van der Waals surface area contributed by atoms with Crippen molar-refractivity contribution in [3.63, 3.8) is 0 Å². The number of hydrogen-bond acceptors (Lipinski definition) is 3. The Morgan fingerprint density at radius 2 is 1.74 bits per heavy atom. The normalized spacial score (nSPS) is 11.1. The summed E-state index contributed by atoms with van der Waals surface area (Å²) in [5.41, 5.74) is 2.59. The molecule has 0 saturated carbocycles. The molecule has 34 heavy (non-hydrogen) atoms. The van der Waals surface area contributed by atoms with E-state index in [4.69, 9.17) is 9.72 Å². The van der Waals surface area contributed by atoms with Crippen LogP contribution in [0, 0.1) is 0 Å². The SMILES string of the molecule is O=C(NCc1nc2ccccc2n1CCCOc1ccc2ccccc2c1)c1cccc(Br)c1. The van der Waals surface area contributed by atoms with Crippen molar-refractivity contribution in [1.29, 1.82) is 0 Å². The molecule has 1 aromatic heterocycles. The number of carbonyl (C=O) groups excluding carboxylic acids is 1. The van der Waals surface area contributed by atoms with Crippen molar-refractivity contribution in [3.8, 4) is 5.75 Å². The maximum absolute atomic E-state index is 12.6. The Labute approximate surface area is 206 Å². The third kappa shape index (κ3) is 4.97. The van der Waals surface area contributed by atoms with Crippen LogP contribution < -0.4 is 10.1 Å². The lowest BCUT2D eigenvalue weighted by atomic mass is 10.1. The van der Waals surface area contributed by atoms with Gasteiger partial charge in [0.2, 0.25) is 0 Å². The number of hydrogen-bond donors (Lipinski definition) is 1. The molecule has 0 aliphatic heterocycles. The molecule has 5 aromatic rings. The molecule has 0 aliphatic carbocycles. The van der Waals surface area contributed by atoms with Gasteiger partial charge < -0.3 is 14.6 Å². The van der Waals surface area contributed by atoms with Gasteiger partial charge in [-0.25, -0.2) is 4.98 Å². The van der Waals surface area contributed by atoms with Crippen LogP contribution in [-0.4, -0.2) is 22.1 Å². The minimum Gasteiger partial charge on any atom is -0.494 e. The van der Waals surface area contributed by atoms with E-state index < -0.39 is 0 Å². The number of nitrogens with zero attached hydrogens (tertiary/aromatic N) is 2. The van der Waals surface area contributed by atoms with Crippen molar-refractivity contribution in [3.05, 3.63) is 107 Å². The lowest BCUT2D eigenvalue weighted by Crippen LogP contribution is -2.25. The van der Waals surface area contributed by atoms with E-state index >= 15 is 0 Å². The van der Waals surface area contributed by atoms with Crippen molar-refractivity contribution in [2.45, 2.75) is 19.5 Å². The maximum atomic E-state index is 12.6. The summed E-state index contributed by atoms with van der Waals surface area (Å²) in [6, 6.07) is 29.8. The molecule has 0 saturated heterocycles. The Morgan fingerprint density at radius 3 is 2.62 bits per heavy atom. The average molecular weight is 514 g/mol. The minimum atomic E-state index is -0.125. The van der Waals surface area contributed by atoms with Crippen LogP contribution in [0.4, 0.5) is 0 Å². The van der Waals surface area contributed by atoms with Crippen LogP contribution in [0.15, 0.2) is 95.5 Å². The number of amides is 1. The zero-order chi connectivity index (χ0) is 23.3. The fourth-order valence-corrected chi connectivity index (χ4v) is 4.47. The molecular weight excluding hydrogens is 490 g/mol. The first-order valence-corrected chi connectivity index (χ1v) is 12.1. The third-order valence-electron chi connectivity index (χ3n) is 5.74. The summed E-state index contributed by atoms with van der Waals surface area (Å²) in [5.74, 6) is 1.57. The number of halogens is 1. The molecule has 1 heterocycles. The number of benzene rings is 4. The third-order valence-corrected chi connectivity index (χ3v) is 6.24. The molecule has 0 bridgehead atoms. The summed E-state index contributed by atoms with van der Waals surface area (Å²) in [6.07, 6.45) is 0.819. The number of rotatable bonds is 8. The van der Waals surface area contributed by atoms with Crippen molar-refractivity contribution in [2.24, 2.45) is 0 Å². The van der Waals surface area contributed by atoms with E-state index in [1.54, 1.807) is 6.07 Å². The van der Waals surface area contributed by atoms with Gasteiger partial charge in [0.15, 0.2) is 0 Å². The molecule has 0 fully saturated rings. The fraction of sp³-hybridized carbons (Fsp3) is 0.143. The predicted molar refractivity (Wildman–Crippen MR) is 139 cm³/mol. The highest BCUT2D eigenvalue weighted by Crippen LogP contribution is 2.21. The van der Waals surface area contributed by atoms with Crippen LogP contribution in [0.5, 0.6) is 5.75 Å². The summed E-state index contributed by atoms with van der Waals surface area (Å²) in [7, 11) is 0. The van der Waals surface area contributed by atoms with Crippen LogP contribution in [-0.2, 0) is 13.1 Å². The molecule has 5 nitrogen and oxygen atoms in total. The minimum absolute atomic E-state index is 0.125. The summed E-state index contributed by atoms with van der Waals surface area (Å²) >= 11 is 3.42. The van der Waals surface area contributed by atoms with E-state index in [1.165, 1.54) is 10.8 Å². The average Bonchev–Trinajstić information content (AvgIpc) is 3.22. The second-order valence-electron chi connectivity index (χ2n) is 8.07. The summed E-state index contributed by atoms with van der Waals surface area (Å²) in [5, 5.41) is 5.38. The van der Waals surface area contributed by atoms with Crippen molar-refractivity contribution in [1.82, 2.24) is 14.9 Å². The van der Waals surface area contributed by atoms with Crippen LogP contribution in [0.1, 0.15) is 22.6 Å². The standard InChI is InChI=1S/C28H24BrN3O2/c29-23-10-5-9-22(17-23)28(33)30-19-27-31-25-11-3-4-12-26(25)32(27)15-6-16-34-24-14-13-20-7-1-2-8-21(20)18-24/h1-5,7-14,17-18H,6,15-16,19H2,(H,30,33). The van der Waals surface area contributed by atoms with E-state index in [-0.39, 0.29) is 5.91 Å². The predicted octanol–water partition coefficient (Wildman–Crippen LogP) is 6.35. The first-order valence-electron chi connectivity index (χ1n) is 11.3. The molecule has 1 N–H and O–H groups in total. The van der Waals surface area contributed by atoms with Crippen molar-refractivity contribution in [2.75, 3.05) is 6.61 Å². The molecule has 0 atom stereocenters. The highest BCUT2D eigenvalue weighted by atomic mass is 79.9. The second-order valence-corrected chi connectivity index (χ2v) is 8.99. The van der Waals surface area contributed by atoms with Gasteiger partial charge in [0.25, 0.3) is 5.91 Å². The summed E-state index contributed by atoms with van der Waals surface area (Å²) < 4.78 is 9.06. The molecule has 0 unspecified atom stereocenters. The highest BCUT2D eigenvalue weighted by molar-refractivity contribution is 9.10. The zero-order valence-corrected chi connectivity index (χ0v) is 20.2. The number of ether oxygens (including phenoxy) is 1. The Kier molecular flexibility index (Phi) is 6.58. The largest absolute Gasteiger partial charge is 0.494 e. The van der Waals surface area contributed by atoms with Crippen LogP contribution in [0.3, 0.4) is 0 Å². The number of para-hydroxylation sites is 2. The number of imidazole rings is 1. The van der Waals surface area contributed by atoms with Gasteiger partial charge in [-0.1, -0.05) is 64.5 Å².